The summed E-state index contributed by atoms with van der Waals surface area (Å²) in [7, 11) is 0. The minimum atomic E-state index is -0.0608. The van der Waals surface area contributed by atoms with Crippen LogP contribution in [0.3, 0.4) is 0 Å². The van der Waals surface area contributed by atoms with E-state index >= 15 is 0 Å². The number of amides is 1. The summed E-state index contributed by atoms with van der Waals surface area (Å²) in [6.07, 6.45) is 1.81. The summed E-state index contributed by atoms with van der Waals surface area (Å²) >= 11 is 4.73. The summed E-state index contributed by atoms with van der Waals surface area (Å²) in [5, 5.41) is 2.88. The van der Waals surface area contributed by atoms with Crippen LogP contribution in [0.15, 0.2) is 24.3 Å². The van der Waals surface area contributed by atoms with Crippen LogP contribution in [0.5, 0.6) is 5.75 Å². The third-order valence-electron chi connectivity index (χ3n) is 3.03. The van der Waals surface area contributed by atoms with Gasteiger partial charge in [-0.05, 0) is 37.1 Å². The first-order valence-corrected chi connectivity index (χ1v) is 6.96. The lowest BCUT2D eigenvalue weighted by atomic mass is 10.0. The molecule has 0 spiro atoms. The van der Waals surface area contributed by atoms with Gasteiger partial charge in [0.2, 0.25) is 5.91 Å². The first-order valence-electron chi connectivity index (χ1n) is 6.55. The molecule has 5 nitrogen and oxygen atoms in total. The monoisotopic (exact) mass is 294 g/mol. The van der Waals surface area contributed by atoms with Gasteiger partial charge in [0.25, 0.3) is 0 Å². The highest BCUT2D eigenvalue weighted by molar-refractivity contribution is 7.80. The Morgan fingerprint density at radius 3 is 2.80 bits per heavy atom. The molecule has 2 rings (SSSR count). The van der Waals surface area contributed by atoms with E-state index in [2.05, 4.69) is 5.32 Å². The number of carbonyl (C=O) groups excluding carboxylic acids is 1. The fourth-order valence-corrected chi connectivity index (χ4v) is 2.04. The molecule has 1 saturated heterocycles. The minimum absolute atomic E-state index is 0.00139. The van der Waals surface area contributed by atoms with Crippen LogP contribution >= 0.6 is 12.2 Å². The Balaban J connectivity index is 1.86. The first kappa shape index (κ1) is 14.7. The summed E-state index contributed by atoms with van der Waals surface area (Å²) in [6, 6.07) is 7.11. The second kappa shape index (κ2) is 7.21. The zero-order chi connectivity index (χ0) is 14.4. The minimum Gasteiger partial charge on any atom is -0.487 e. The van der Waals surface area contributed by atoms with Crippen molar-refractivity contribution in [3.05, 3.63) is 24.3 Å². The smallest absolute Gasteiger partial charge is 0.229 e. The number of nitrogens with two attached hydrogens (primary N) is 1. The Morgan fingerprint density at radius 1 is 1.45 bits per heavy atom. The lowest BCUT2D eigenvalue weighted by Gasteiger charge is -2.21. The van der Waals surface area contributed by atoms with E-state index in [0.717, 1.165) is 25.1 Å². The quantitative estimate of drug-likeness (QED) is 0.809. The summed E-state index contributed by atoms with van der Waals surface area (Å²) in [5.74, 6) is 0.604. The zero-order valence-electron chi connectivity index (χ0n) is 11.1. The topological polar surface area (TPSA) is 73.6 Å². The van der Waals surface area contributed by atoms with E-state index < -0.39 is 0 Å². The number of benzene rings is 1. The molecule has 1 aliphatic heterocycles. The van der Waals surface area contributed by atoms with E-state index in [0.29, 0.717) is 17.3 Å². The van der Waals surface area contributed by atoms with E-state index in [1.165, 1.54) is 0 Å². The van der Waals surface area contributed by atoms with Gasteiger partial charge in [0.15, 0.2) is 0 Å². The number of anilines is 1. The van der Waals surface area contributed by atoms with Crippen LogP contribution in [0.1, 0.15) is 12.8 Å². The third kappa shape index (κ3) is 4.47. The molecular formula is C14H18N2O3S. The van der Waals surface area contributed by atoms with Gasteiger partial charge in [0.05, 0.1) is 12.5 Å². The second-order valence-corrected chi connectivity index (χ2v) is 5.21. The molecule has 1 unspecified atom stereocenters. The third-order valence-corrected chi connectivity index (χ3v) is 3.15. The van der Waals surface area contributed by atoms with Crippen molar-refractivity contribution in [1.29, 1.82) is 0 Å². The maximum atomic E-state index is 12.0. The molecule has 3 N–H and O–H groups in total. The van der Waals surface area contributed by atoms with Gasteiger partial charge in [0, 0.05) is 12.3 Å². The fourth-order valence-electron chi connectivity index (χ4n) is 1.98. The molecule has 6 heteroatoms. The molecule has 0 radical (unpaired) electrons. The number of ether oxygens (including phenoxy) is 2. The highest BCUT2D eigenvalue weighted by Gasteiger charge is 2.21. The SMILES string of the molecule is NC(=S)COc1ccc(NC(=O)C2CCCOC2)cc1. The van der Waals surface area contributed by atoms with Crippen LogP contribution in [-0.2, 0) is 9.53 Å². The highest BCUT2D eigenvalue weighted by atomic mass is 32.1. The van der Waals surface area contributed by atoms with Gasteiger partial charge in [-0.1, -0.05) is 12.2 Å². The lowest BCUT2D eigenvalue weighted by Crippen LogP contribution is -2.30. The van der Waals surface area contributed by atoms with Gasteiger partial charge in [-0.15, -0.1) is 0 Å². The summed E-state index contributed by atoms with van der Waals surface area (Å²) in [6.45, 7) is 1.46. The van der Waals surface area contributed by atoms with Gasteiger partial charge in [-0.25, -0.2) is 0 Å². The molecule has 0 bridgehead atoms. The molecular weight excluding hydrogens is 276 g/mol. The molecule has 1 heterocycles. The second-order valence-electron chi connectivity index (χ2n) is 4.68. The van der Waals surface area contributed by atoms with Crippen molar-refractivity contribution in [1.82, 2.24) is 0 Å². The van der Waals surface area contributed by atoms with Crippen LogP contribution in [0.4, 0.5) is 5.69 Å². The number of nitrogens with one attached hydrogen (secondary N) is 1. The number of carbonyl (C=O) groups is 1. The van der Waals surface area contributed by atoms with E-state index in [1.54, 1.807) is 24.3 Å². The number of hydrogen-bond acceptors (Lipinski definition) is 4. The molecule has 1 fully saturated rings. The Kier molecular flexibility index (Phi) is 5.31. The summed E-state index contributed by atoms with van der Waals surface area (Å²) < 4.78 is 10.7. The lowest BCUT2D eigenvalue weighted by molar-refractivity contribution is -0.123. The van der Waals surface area contributed by atoms with E-state index in [4.69, 9.17) is 27.4 Å². The van der Waals surface area contributed by atoms with Crippen molar-refractivity contribution >= 4 is 28.8 Å². The highest BCUT2D eigenvalue weighted by Crippen LogP contribution is 2.19. The van der Waals surface area contributed by atoms with Crippen LogP contribution in [0, 0.1) is 5.92 Å². The molecule has 0 aliphatic carbocycles. The molecule has 108 valence electrons. The number of rotatable bonds is 5. The molecule has 1 aromatic carbocycles. The Morgan fingerprint density at radius 2 is 2.20 bits per heavy atom. The average Bonchev–Trinajstić information content (AvgIpc) is 2.47. The molecule has 0 saturated carbocycles. The van der Waals surface area contributed by atoms with E-state index in [1.807, 2.05) is 0 Å². The Bertz CT molecular complexity index is 470. The molecule has 1 aromatic rings. The van der Waals surface area contributed by atoms with Crippen molar-refractivity contribution in [3.63, 3.8) is 0 Å². The first-order chi connectivity index (χ1) is 9.65. The molecule has 20 heavy (non-hydrogen) atoms. The molecule has 1 amide bonds. The Hall–Kier alpha value is -1.66. The van der Waals surface area contributed by atoms with Crippen molar-refractivity contribution in [2.24, 2.45) is 11.7 Å². The predicted molar refractivity (Wildman–Crippen MR) is 80.9 cm³/mol. The number of thiocarbonyl (C=S) groups is 1. The van der Waals surface area contributed by atoms with Gasteiger partial charge in [-0.3, -0.25) is 4.79 Å². The van der Waals surface area contributed by atoms with E-state index in [9.17, 15) is 4.79 Å². The van der Waals surface area contributed by atoms with Crippen LogP contribution < -0.4 is 15.8 Å². The average molecular weight is 294 g/mol. The van der Waals surface area contributed by atoms with Crippen LogP contribution in [0.2, 0.25) is 0 Å². The van der Waals surface area contributed by atoms with Gasteiger partial charge >= 0.3 is 0 Å². The van der Waals surface area contributed by atoms with Gasteiger partial charge < -0.3 is 20.5 Å². The molecule has 1 aliphatic rings. The molecule has 0 aromatic heterocycles. The number of hydrogen-bond donors (Lipinski definition) is 2. The van der Waals surface area contributed by atoms with Crippen molar-refractivity contribution in [2.45, 2.75) is 12.8 Å². The van der Waals surface area contributed by atoms with E-state index in [-0.39, 0.29) is 18.4 Å². The Labute approximate surface area is 123 Å². The molecule has 1 atom stereocenters. The largest absolute Gasteiger partial charge is 0.487 e. The summed E-state index contributed by atoms with van der Waals surface area (Å²) in [4.78, 5) is 12.3. The van der Waals surface area contributed by atoms with Gasteiger partial charge in [-0.2, -0.15) is 0 Å². The predicted octanol–water partition coefficient (Wildman–Crippen LogP) is 1.72. The fraction of sp³-hybridized carbons (Fsp3) is 0.429. The maximum absolute atomic E-state index is 12.0. The van der Waals surface area contributed by atoms with Crippen molar-refractivity contribution in [2.75, 3.05) is 25.1 Å². The summed E-state index contributed by atoms with van der Waals surface area (Å²) in [5.41, 5.74) is 6.10. The maximum Gasteiger partial charge on any atom is 0.229 e. The normalized spacial score (nSPS) is 18.3. The van der Waals surface area contributed by atoms with Crippen molar-refractivity contribution in [3.8, 4) is 5.75 Å². The zero-order valence-corrected chi connectivity index (χ0v) is 11.9. The van der Waals surface area contributed by atoms with Crippen LogP contribution in [0.25, 0.3) is 0 Å². The van der Waals surface area contributed by atoms with Crippen molar-refractivity contribution < 1.29 is 14.3 Å². The standard InChI is InChI=1S/C14H18N2O3S/c15-13(20)9-19-12-5-3-11(4-6-12)16-14(17)10-2-1-7-18-8-10/h3-6,10H,1-2,7-9H2,(H2,15,20)(H,16,17). The van der Waals surface area contributed by atoms with Crippen LogP contribution in [-0.4, -0.2) is 30.7 Å². The van der Waals surface area contributed by atoms with Gasteiger partial charge in [0.1, 0.15) is 17.3 Å².